The Morgan fingerprint density at radius 1 is 1.33 bits per heavy atom. The largest absolute Gasteiger partial charge is 0.398 e. The van der Waals surface area contributed by atoms with Crippen LogP contribution in [0.1, 0.15) is 30.6 Å². The fraction of sp³-hybridized carbons (Fsp3) is 0.308. The van der Waals surface area contributed by atoms with Crippen LogP contribution in [0.25, 0.3) is 0 Å². The summed E-state index contributed by atoms with van der Waals surface area (Å²) in [7, 11) is 0. The first kappa shape index (κ1) is 12.6. The second-order valence-corrected chi connectivity index (χ2v) is 4.21. The van der Waals surface area contributed by atoms with E-state index in [1.807, 2.05) is 35.0 Å². The fourth-order valence-corrected chi connectivity index (χ4v) is 2.10. The quantitative estimate of drug-likeness (QED) is 0.423. The lowest BCUT2D eigenvalue weighted by molar-refractivity contribution is 0.521. The Labute approximate surface area is 107 Å². The average Bonchev–Trinajstić information content (AvgIpc) is 2.82. The summed E-state index contributed by atoms with van der Waals surface area (Å²) in [4.78, 5) is 0. The normalized spacial score (nSPS) is 12.6. The summed E-state index contributed by atoms with van der Waals surface area (Å²) < 4.78 is 1.96. The number of anilines is 1. The molecule has 1 heterocycles. The number of benzene rings is 1. The Hall–Kier alpha value is -1.85. The third-order valence-corrected chi connectivity index (χ3v) is 2.95. The summed E-state index contributed by atoms with van der Waals surface area (Å²) in [6.07, 6.45) is 2.81. The van der Waals surface area contributed by atoms with Crippen LogP contribution in [-0.4, -0.2) is 9.78 Å². The number of hydrogen-bond donors (Lipinski definition) is 3. The van der Waals surface area contributed by atoms with Gasteiger partial charge in [-0.25, -0.2) is 5.43 Å². The molecule has 96 valence electrons. The summed E-state index contributed by atoms with van der Waals surface area (Å²) >= 11 is 0. The second-order valence-electron chi connectivity index (χ2n) is 4.21. The van der Waals surface area contributed by atoms with Crippen molar-refractivity contribution in [2.75, 3.05) is 5.73 Å². The first-order valence-electron chi connectivity index (χ1n) is 6.10. The van der Waals surface area contributed by atoms with Gasteiger partial charge < -0.3 is 5.73 Å². The monoisotopic (exact) mass is 245 g/mol. The highest BCUT2D eigenvalue weighted by molar-refractivity contribution is 5.50. The van der Waals surface area contributed by atoms with E-state index in [4.69, 9.17) is 11.6 Å². The SMILES string of the molecule is CCCn1nccc1C(NN)c1ccccc1N. The number of nitrogens with two attached hydrogens (primary N) is 2. The first-order valence-corrected chi connectivity index (χ1v) is 6.10. The molecule has 0 radical (unpaired) electrons. The summed E-state index contributed by atoms with van der Waals surface area (Å²) in [6, 6.07) is 9.54. The van der Waals surface area contributed by atoms with Crippen LogP contribution < -0.4 is 17.0 Å². The molecule has 1 aromatic carbocycles. The number of rotatable bonds is 5. The lowest BCUT2D eigenvalue weighted by Gasteiger charge is -2.19. The van der Waals surface area contributed by atoms with Gasteiger partial charge in [0.15, 0.2) is 0 Å². The molecule has 0 bridgehead atoms. The van der Waals surface area contributed by atoms with Crippen LogP contribution in [0.5, 0.6) is 0 Å². The maximum atomic E-state index is 6.00. The average molecular weight is 245 g/mol. The van der Waals surface area contributed by atoms with Crippen molar-refractivity contribution in [3.8, 4) is 0 Å². The Morgan fingerprint density at radius 2 is 2.11 bits per heavy atom. The highest BCUT2D eigenvalue weighted by Gasteiger charge is 2.18. The summed E-state index contributed by atoms with van der Waals surface area (Å²) in [5.41, 5.74) is 11.5. The van der Waals surface area contributed by atoms with Crippen LogP contribution in [0.15, 0.2) is 36.5 Å². The Morgan fingerprint density at radius 3 is 2.78 bits per heavy atom. The zero-order valence-corrected chi connectivity index (χ0v) is 10.5. The Kier molecular flexibility index (Phi) is 3.96. The molecule has 0 aliphatic rings. The molecule has 0 fully saturated rings. The van der Waals surface area contributed by atoms with Gasteiger partial charge in [0.25, 0.3) is 0 Å². The number of para-hydroxylation sites is 1. The van der Waals surface area contributed by atoms with Crippen LogP contribution >= 0.6 is 0 Å². The van der Waals surface area contributed by atoms with Crippen LogP contribution in [0, 0.1) is 0 Å². The van der Waals surface area contributed by atoms with Crippen LogP contribution in [-0.2, 0) is 6.54 Å². The number of nitrogens with one attached hydrogen (secondary N) is 1. The van der Waals surface area contributed by atoms with Gasteiger partial charge in [-0.15, -0.1) is 0 Å². The van der Waals surface area contributed by atoms with E-state index in [-0.39, 0.29) is 6.04 Å². The zero-order valence-electron chi connectivity index (χ0n) is 10.5. The van der Waals surface area contributed by atoms with Crippen molar-refractivity contribution in [1.29, 1.82) is 0 Å². The molecule has 18 heavy (non-hydrogen) atoms. The van der Waals surface area contributed by atoms with Crippen molar-refractivity contribution < 1.29 is 0 Å². The van der Waals surface area contributed by atoms with Gasteiger partial charge >= 0.3 is 0 Å². The minimum absolute atomic E-state index is 0.139. The molecule has 0 amide bonds. The third kappa shape index (κ3) is 2.37. The highest BCUT2D eigenvalue weighted by Crippen LogP contribution is 2.25. The second kappa shape index (κ2) is 5.66. The number of nitrogen functional groups attached to an aromatic ring is 1. The molecular weight excluding hydrogens is 226 g/mol. The van der Waals surface area contributed by atoms with Gasteiger partial charge in [0.2, 0.25) is 0 Å². The fourth-order valence-electron chi connectivity index (χ4n) is 2.10. The van der Waals surface area contributed by atoms with Crippen molar-refractivity contribution in [3.05, 3.63) is 47.8 Å². The molecule has 0 aliphatic carbocycles. The number of aromatic nitrogens is 2. The third-order valence-electron chi connectivity index (χ3n) is 2.95. The lowest BCUT2D eigenvalue weighted by Crippen LogP contribution is -2.31. The highest BCUT2D eigenvalue weighted by atomic mass is 15.3. The van der Waals surface area contributed by atoms with Gasteiger partial charge in [-0.3, -0.25) is 10.5 Å². The molecule has 1 unspecified atom stereocenters. The minimum atomic E-state index is -0.139. The van der Waals surface area contributed by atoms with E-state index in [2.05, 4.69) is 17.4 Å². The molecule has 1 aromatic heterocycles. The number of aryl methyl sites for hydroxylation is 1. The standard InChI is InChI=1S/C13H19N5/c1-2-9-18-12(7-8-16-18)13(17-15)10-5-3-4-6-11(10)14/h3-8,13,17H,2,9,14-15H2,1H3. The van der Waals surface area contributed by atoms with Gasteiger partial charge in [-0.05, 0) is 24.1 Å². The predicted molar refractivity (Wildman–Crippen MR) is 72.5 cm³/mol. The minimum Gasteiger partial charge on any atom is -0.398 e. The molecular formula is C13H19N5. The predicted octanol–water partition coefficient (Wildman–Crippen LogP) is 1.43. The molecule has 0 saturated carbocycles. The van der Waals surface area contributed by atoms with Crippen molar-refractivity contribution >= 4 is 5.69 Å². The van der Waals surface area contributed by atoms with Gasteiger partial charge in [0.1, 0.15) is 0 Å². The molecule has 5 N–H and O–H groups in total. The summed E-state index contributed by atoms with van der Waals surface area (Å²) in [5, 5.41) is 4.31. The number of nitrogens with zero attached hydrogens (tertiary/aromatic N) is 2. The lowest BCUT2D eigenvalue weighted by atomic mass is 10.0. The smallest absolute Gasteiger partial charge is 0.0898 e. The molecule has 5 heteroatoms. The van der Waals surface area contributed by atoms with E-state index in [0.29, 0.717) is 0 Å². The van der Waals surface area contributed by atoms with E-state index in [1.54, 1.807) is 6.20 Å². The maximum Gasteiger partial charge on any atom is 0.0898 e. The molecule has 5 nitrogen and oxygen atoms in total. The van der Waals surface area contributed by atoms with Crippen molar-refractivity contribution in [2.45, 2.75) is 25.9 Å². The zero-order chi connectivity index (χ0) is 13.0. The Balaban J connectivity index is 2.39. The van der Waals surface area contributed by atoms with Crippen LogP contribution in [0.3, 0.4) is 0 Å². The summed E-state index contributed by atoms with van der Waals surface area (Å²) in [5.74, 6) is 5.68. The van der Waals surface area contributed by atoms with E-state index in [1.165, 1.54) is 0 Å². The summed E-state index contributed by atoms with van der Waals surface area (Å²) in [6.45, 7) is 2.99. The van der Waals surface area contributed by atoms with E-state index < -0.39 is 0 Å². The first-order chi connectivity index (χ1) is 8.77. The van der Waals surface area contributed by atoms with Crippen molar-refractivity contribution in [3.63, 3.8) is 0 Å². The van der Waals surface area contributed by atoms with E-state index in [9.17, 15) is 0 Å². The van der Waals surface area contributed by atoms with Gasteiger partial charge in [-0.1, -0.05) is 25.1 Å². The number of hydrogen-bond acceptors (Lipinski definition) is 4. The molecule has 0 saturated heterocycles. The molecule has 1 atom stereocenters. The molecule has 2 rings (SSSR count). The molecule has 2 aromatic rings. The van der Waals surface area contributed by atoms with Crippen molar-refractivity contribution in [2.24, 2.45) is 5.84 Å². The number of hydrazine groups is 1. The van der Waals surface area contributed by atoms with E-state index in [0.717, 1.165) is 29.9 Å². The van der Waals surface area contributed by atoms with Gasteiger partial charge in [0.05, 0.1) is 11.7 Å². The van der Waals surface area contributed by atoms with Crippen LogP contribution in [0.4, 0.5) is 5.69 Å². The topological polar surface area (TPSA) is 81.9 Å². The van der Waals surface area contributed by atoms with Gasteiger partial charge in [0, 0.05) is 18.4 Å². The molecule has 0 aliphatic heterocycles. The van der Waals surface area contributed by atoms with Crippen molar-refractivity contribution in [1.82, 2.24) is 15.2 Å². The van der Waals surface area contributed by atoms with E-state index >= 15 is 0 Å². The van der Waals surface area contributed by atoms with Crippen LogP contribution in [0.2, 0.25) is 0 Å². The Bertz CT molecular complexity index is 506. The molecule has 0 spiro atoms. The van der Waals surface area contributed by atoms with Gasteiger partial charge in [-0.2, -0.15) is 5.10 Å². The maximum absolute atomic E-state index is 6.00.